The minimum Gasteiger partial charge on any atom is -0.314 e. The lowest BCUT2D eigenvalue weighted by Gasteiger charge is -2.24. The second kappa shape index (κ2) is 5.99. The number of hydrogen-bond acceptors (Lipinski definition) is 2. The van der Waals surface area contributed by atoms with Crippen LogP contribution < -0.4 is 5.32 Å². The molecule has 0 aromatic rings. The van der Waals surface area contributed by atoms with Crippen molar-refractivity contribution in [2.45, 2.75) is 38.4 Å². The number of thioether (sulfide) groups is 1. The minimum absolute atomic E-state index is 0.459. The molecule has 0 bridgehead atoms. The highest BCUT2D eigenvalue weighted by Crippen LogP contribution is 2.23. The summed E-state index contributed by atoms with van der Waals surface area (Å²) in [6.07, 6.45) is -2.50. The molecule has 1 N–H and O–H groups in total. The van der Waals surface area contributed by atoms with Crippen LogP contribution in [0.2, 0.25) is 0 Å². The molecular formula is C10H18F3NS. The molecule has 90 valence electrons. The fourth-order valence-corrected chi connectivity index (χ4v) is 2.94. The zero-order valence-electron chi connectivity index (χ0n) is 8.94. The summed E-state index contributed by atoms with van der Waals surface area (Å²) in [4.78, 5) is 0. The first-order valence-corrected chi connectivity index (χ1v) is 6.51. The van der Waals surface area contributed by atoms with E-state index >= 15 is 0 Å². The Morgan fingerprint density at radius 2 is 1.93 bits per heavy atom. The van der Waals surface area contributed by atoms with Crippen LogP contribution in [0.15, 0.2) is 0 Å². The van der Waals surface area contributed by atoms with Crippen molar-refractivity contribution in [1.29, 1.82) is 0 Å². The number of hydrogen-bond donors (Lipinski definition) is 1. The highest BCUT2D eigenvalue weighted by atomic mass is 32.2. The summed E-state index contributed by atoms with van der Waals surface area (Å²) in [5, 5.41) is 2.98. The first kappa shape index (κ1) is 13.2. The van der Waals surface area contributed by atoms with Crippen molar-refractivity contribution in [2.75, 3.05) is 18.1 Å². The van der Waals surface area contributed by atoms with Gasteiger partial charge in [0.05, 0.1) is 6.42 Å². The Bertz CT molecular complexity index is 178. The maximum atomic E-state index is 12.0. The van der Waals surface area contributed by atoms with E-state index in [-0.39, 0.29) is 0 Å². The molecule has 1 atom stereocenters. The van der Waals surface area contributed by atoms with Crippen LogP contribution >= 0.6 is 11.8 Å². The zero-order chi connectivity index (χ0) is 11.3. The summed E-state index contributed by atoms with van der Waals surface area (Å²) in [7, 11) is 0. The quantitative estimate of drug-likeness (QED) is 0.812. The van der Waals surface area contributed by atoms with Gasteiger partial charge in [0.25, 0.3) is 0 Å². The third-order valence-corrected chi connectivity index (χ3v) is 3.68. The smallest absolute Gasteiger partial charge is 0.314 e. The normalized spacial score (nSPS) is 21.6. The standard InChI is InChI=1S/C10H18F3NS/c1-8(6-10(11,12)13)14-7-9-2-4-15-5-3-9/h8-9,14H,2-7H2,1H3. The van der Waals surface area contributed by atoms with E-state index in [0.717, 1.165) is 30.9 Å². The molecule has 0 amide bonds. The fraction of sp³-hybridized carbons (Fsp3) is 1.00. The summed E-state index contributed by atoms with van der Waals surface area (Å²) >= 11 is 1.94. The number of halogens is 3. The zero-order valence-corrected chi connectivity index (χ0v) is 9.76. The summed E-state index contributed by atoms with van der Waals surface area (Å²) in [6, 6.07) is -0.459. The van der Waals surface area contributed by atoms with Gasteiger partial charge >= 0.3 is 6.18 Å². The SMILES string of the molecule is CC(CC(F)(F)F)NCC1CCSCC1. The maximum absolute atomic E-state index is 12.0. The molecule has 15 heavy (non-hydrogen) atoms. The average molecular weight is 241 g/mol. The van der Waals surface area contributed by atoms with Gasteiger partial charge in [0.1, 0.15) is 0 Å². The summed E-state index contributed by atoms with van der Waals surface area (Å²) in [5.74, 6) is 2.88. The molecule has 0 aromatic carbocycles. The Hall–Kier alpha value is 0.100. The summed E-state index contributed by atoms with van der Waals surface area (Å²) in [5.41, 5.74) is 0. The molecule has 1 nitrogen and oxygen atoms in total. The average Bonchev–Trinajstić information content (AvgIpc) is 2.14. The second-order valence-electron chi connectivity index (χ2n) is 4.18. The molecule has 1 rings (SSSR count). The van der Waals surface area contributed by atoms with Crippen LogP contribution in [-0.4, -0.2) is 30.3 Å². The van der Waals surface area contributed by atoms with Gasteiger partial charge < -0.3 is 5.32 Å². The first-order chi connectivity index (χ1) is 6.97. The van der Waals surface area contributed by atoms with Crippen LogP contribution in [0.5, 0.6) is 0 Å². The van der Waals surface area contributed by atoms with Gasteiger partial charge in [0.15, 0.2) is 0 Å². The van der Waals surface area contributed by atoms with Crippen molar-refractivity contribution < 1.29 is 13.2 Å². The van der Waals surface area contributed by atoms with Crippen molar-refractivity contribution in [1.82, 2.24) is 5.32 Å². The van der Waals surface area contributed by atoms with Crippen molar-refractivity contribution in [3.8, 4) is 0 Å². The van der Waals surface area contributed by atoms with E-state index in [1.807, 2.05) is 11.8 Å². The maximum Gasteiger partial charge on any atom is 0.390 e. The Kier molecular flexibility index (Phi) is 5.26. The molecule has 0 saturated carbocycles. The Labute approximate surface area is 93.2 Å². The molecular weight excluding hydrogens is 223 g/mol. The first-order valence-electron chi connectivity index (χ1n) is 5.35. The van der Waals surface area contributed by atoms with Gasteiger partial charge in [0.2, 0.25) is 0 Å². The van der Waals surface area contributed by atoms with Gasteiger partial charge in [-0.25, -0.2) is 0 Å². The van der Waals surface area contributed by atoms with E-state index in [9.17, 15) is 13.2 Å². The Morgan fingerprint density at radius 1 is 1.33 bits per heavy atom. The minimum atomic E-state index is -4.05. The molecule has 1 unspecified atom stereocenters. The molecule has 0 aromatic heterocycles. The molecule has 0 aliphatic carbocycles. The monoisotopic (exact) mass is 241 g/mol. The van der Waals surface area contributed by atoms with Gasteiger partial charge in [0, 0.05) is 6.04 Å². The highest BCUT2D eigenvalue weighted by Gasteiger charge is 2.30. The van der Waals surface area contributed by atoms with E-state index in [2.05, 4.69) is 5.32 Å². The lowest BCUT2D eigenvalue weighted by atomic mass is 10.0. The Morgan fingerprint density at radius 3 is 2.47 bits per heavy atom. The molecule has 1 aliphatic heterocycles. The van der Waals surface area contributed by atoms with Crippen LogP contribution in [0.4, 0.5) is 13.2 Å². The predicted molar refractivity (Wildman–Crippen MR) is 58.2 cm³/mol. The van der Waals surface area contributed by atoms with E-state index in [1.54, 1.807) is 6.92 Å². The van der Waals surface area contributed by atoms with E-state index in [1.165, 1.54) is 0 Å². The van der Waals surface area contributed by atoms with Crippen LogP contribution in [0.3, 0.4) is 0 Å². The van der Waals surface area contributed by atoms with Crippen LogP contribution in [0.25, 0.3) is 0 Å². The largest absolute Gasteiger partial charge is 0.390 e. The number of alkyl halides is 3. The molecule has 5 heteroatoms. The molecule has 0 radical (unpaired) electrons. The third kappa shape index (κ3) is 6.30. The van der Waals surface area contributed by atoms with Gasteiger partial charge in [-0.3, -0.25) is 0 Å². The number of nitrogens with one attached hydrogen (secondary N) is 1. The van der Waals surface area contributed by atoms with Crippen molar-refractivity contribution in [3.05, 3.63) is 0 Å². The van der Waals surface area contributed by atoms with Gasteiger partial charge in [-0.2, -0.15) is 24.9 Å². The van der Waals surface area contributed by atoms with Crippen LogP contribution in [0, 0.1) is 5.92 Å². The topological polar surface area (TPSA) is 12.0 Å². The summed E-state index contributed by atoms with van der Waals surface area (Å²) < 4.78 is 36.1. The van der Waals surface area contributed by atoms with E-state index in [0.29, 0.717) is 5.92 Å². The molecule has 1 heterocycles. The lowest BCUT2D eigenvalue weighted by molar-refractivity contribution is -0.139. The number of rotatable bonds is 4. The molecule has 1 saturated heterocycles. The third-order valence-electron chi connectivity index (χ3n) is 2.63. The summed E-state index contributed by atoms with van der Waals surface area (Å²) in [6.45, 7) is 2.34. The van der Waals surface area contributed by atoms with Crippen LogP contribution in [0.1, 0.15) is 26.2 Å². The predicted octanol–water partition coefficient (Wildman–Crippen LogP) is 3.06. The van der Waals surface area contributed by atoms with Crippen molar-refractivity contribution >= 4 is 11.8 Å². The van der Waals surface area contributed by atoms with E-state index in [4.69, 9.17) is 0 Å². The second-order valence-corrected chi connectivity index (χ2v) is 5.41. The van der Waals surface area contributed by atoms with Crippen molar-refractivity contribution in [2.24, 2.45) is 5.92 Å². The van der Waals surface area contributed by atoms with Crippen LogP contribution in [-0.2, 0) is 0 Å². The Balaban J connectivity index is 2.12. The molecule has 1 aliphatic rings. The molecule has 0 spiro atoms. The lowest BCUT2D eigenvalue weighted by Crippen LogP contribution is -2.35. The van der Waals surface area contributed by atoms with Crippen molar-refractivity contribution in [3.63, 3.8) is 0 Å². The van der Waals surface area contributed by atoms with E-state index < -0.39 is 18.6 Å². The van der Waals surface area contributed by atoms with Gasteiger partial charge in [-0.15, -0.1) is 0 Å². The van der Waals surface area contributed by atoms with Gasteiger partial charge in [-0.05, 0) is 43.7 Å². The molecule has 1 fully saturated rings. The van der Waals surface area contributed by atoms with Gasteiger partial charge in [-0.1, -0.05) is 0 Å². The fourth-order valence-electron chi connectivity index (χ4n) is 1.74. The highest BCUT2D eigenvalue weighted by molar-refractivity contribution is 7.99.